The van der Waals surface area contributed by atoms with Gasteiger partial charge in [0.05, 0.1) is 0 Å². The number of azide groups is 1. The second-order valence-corrected chi connectivity index (χ2v) is 4.61. The maximum Gasteiger partial charge on any atom is 0.165 e. The average Bonchev–Trinajstić information content (AvgIpc) is 2.42. The first-order valence-electron chi connectivity index (χ1n) is 5.31. The van der Waals surface area contributed by atoms with Crippen molar-refractivity contribution in [3.63, 3.8) is 0 Å². The molecule has 4 heteroatoms. The summed E-state index contributed by atoms with van der Waals surface area (Å²) in [7, 11) is 0.187. The van der Waals surface area contributed by atoms with E-state index in [2.05, 4.69) is 34.0 Å². The van der Waals surface area contributed by atoms with Gasteiger partial charge in [0.25, 0.3) is 0 Å². The van der Waals surface area contributed by atoms with E-state index in [0.29, 0.717) is 0 Å². The summed E-state index contributed by atoms with van der Waals surface area (Å²) in [4.78, 5) is 2.86. The molecule has 0 saturated carbocycles. The molecular formula is C13H11N3Si. The van der Waals surface area contributed by atoms with Crippen molar-refractivity contribution in [3.05, 3.63) is 82.2 Å². The number of rotatable bonds is 4. The maximum atomic E-state index is 8.47. The zero-order valence-electron chi connectivity index (χ0n) is 9.19. The molecule has 0 aliphatic carbocycles. The van der Waals surface area contributed by atoms with Gasteiger partial charge in [-0.05, 0) is 21.6 Å². The zero-order valence-corrected chi connectivity index (χ0v) is 10.2. The first-order chi connectivity index (χ1) is 8.42. The fourth-order valence-corrected chi connectivity index (χ4v) is 2.57. The van der Waals surface area contributed by atoms with Crippen LogP contribution in [0, 0.1) is 0 Å². The monoisotopic (exact) mass is 237 g/mol. The van der Waals surface area contributed by atoms with Crippen LogP contribution >= 0.6 is 0 Å². The van der Waals surface area contributed by atoms with Crippen molar-refractivity contribution >= 4 is 9.68 Å². The van der Waals surface area contributed by atoms with Crippen LogP contribution in [0.4, 0.5) is 0 Å². The molecule has 0 aliphatic rings. The summed E-state index contributed by atoms with van der Waals surface area (Å²) in [5.74, 6) is 0. The topological polar surface area (TPSA) is 48.8 Å². The number of nitrogens with zero attached hydrogens (tertiary/aromatic N) is 3. The van der Waals surface area contributed by atoms with E-state index in [4.69, 9.17) is 5.53 Å². The van der Waals surface area contributed by atoms with Gasteiger partial charge in [0.2, 0.25) is 0 Å². The molecule has 0 N–H and O–H groups in total. The smallest absolute Gasteiger partial charge is 0.129 e. The Morgan fingerprint density at radius 1 is 0.882 bits per heavy atom. The van der Waals surface area contributed by atoms with Crippen molar-refractivity contribution < 1.29 is 0 Å². The van der Waals surface area contributed by atoms with Gasteiger partial charge >= 0.3 is 0 Å². The highest BCUT2D eigenvalue weighted by Gasteiger charge is 2.13. The molecule has 82 valence electrons. The lowest BCUT2D eigenvalue weighted by Crippen LogP contribution is -2.07. The van der Waals surface area contributed by atoms with Crippen molar-refractivity contribution in [1.82, 2.24) is 0 Å². The Kier molecular flexibility index (Phi) is 3.97. The third-order valence-corrected chi connectivity index (χ3v) is 3.63. The molecule has 2 aromatic rings. The molecule has 0 bridgehead atoms. The van der Waals surface area contributed by atoms with Crippen LogP contribution in [0.1, 0.15) is 16.7 Å². The molecule has 0 spiro atoms. The summed E-state index contributed by atoms with van der Waals surface area (Å²) in [6, 6.07) is 20.3. The van der Waals surface area contributed by atoms with Crippen LogP contribution in [-0.4, -0.2) is 9.68 Å². The van der Waals surface area contributed by atoms with Crippen LogP contribution in [0.2, 0.25) is 0 Å². The lowest BCUT2D eigenvalue weighted by atomic mass is 10.0. The Balaban J connectivity index is 2.35. The molecule has 0 fully saturated rings. The summed E-state index contributed by atoms with van der Waals surface area (Å²) in [5, 5.41) is 0. The first kappa shape index (κ1) is 11.5. The van der Waals surface area contributed by atoms with Crippen molar-refractivity contribution in [2.75, 3.05) is 0 Å². The Labute approximate surface area is 103 Å². The molecule has 0 aromatic heterocycles. The van der Waals surface area contributed by atoms with Crippen LogP contribution in [0.15, 0.2) is 65.4 Å². The normalized spacial score (nSPS) is 9.94. The molecular weight excluding hydrogens is 226 g/mol. The van der Waals surface area contributed by atoms with Crippen molar-refractivity contribution in [2.45, 2.75) is 5.54 Å². The molecule has 3 nitrogen and oxygen atoms in total. The minimum atomic E-state index is 0.160. The standard InChI is InChI=1S/C13H11N3Si/c14-15-16-17-13(11-7-3-1-4-8-11)12-9-5-2-6-10-12/h1-10,13H. The zero-order chi connectivity index (χ0) is 11.9. The summed E-state index contributed by atoms with van der Waals surface area (Å²) >= 11 is 0. The lowest BCUT2D eigenvalue weighted by molar-refractivity contribution is 1.11. The SMILES string of the molecule is [N-]=[N+]=N[Si]C(c1ccccc1)c1ccccc1. The third kappa shape index (κ3) is 2.97. The number of hydrogen-bond donors (Lipinski definition) is 0. The lowest BCUT2D eigenvalue weighted by Gasteiger charge is -2.14. The van der Waals surface area contributed by atoms with Crippen molar-refractivity contribution in [2.24, 2.45) is 4.78 Å². The van der Waals surface area contributed by atoms with E-state index in [-0.39, 0.29) is 15.2 Å². The Hall–Kier alpha value is -2.03. The largest absolute Gasteiger partial charge is 0.165 e. The minimum absolute atomic E-state index is 0.160. The van der Waals surface area contributed by atoms with E-state index in [0.717, 1.165) is 0 Å². The molecule has 0 atom stereocenters. The van der Waals surface area contributed by atoms with E-state index in [1.165, 1.54) is 11.1 Å². The molecule has 2 radical (unpaired) electrons. The first-order valence-corrected chi connectivity index (χ1v) is 6.34. The summed E-state index contributed by atoms with van der Waals surface area (Å²) in [6.45, 7) is 0. The number of benzene rings is 2. The average molecular weight is 237 g/mol. The van der Waals surface area contributed by atoms with Gasteiger partial charge in [-0.3, -0.25) is 0 Å². The molecule has 0 heterocycles. The Bertz CT molecular complexity index is 467. The van der Waals surface area contributed by atoms with Gasteiger partial charge in [0.15, 0.2) is 9.68 Å². The van der Waals surface area contributed by atoms with Gasteiger partial charge in [-0.1, -0.05) is 60.7 Å². The second kappa shape index (κ2) is 5.89. The molecule has 0 amide bonds. The van der Waals surface area contributed by atoms with E-state index >= 15 is 0 Å². The highest BCUT2D eigenvalue weighted by molar-refractivity contribution is 6.36. The molecule has 0 saturated heterocycles. The molecule has 0 aliphatic heterocycles. The van der Waals surface area contributed by atoms with Gasteiger partial charge in [-0.15, -0.1) is 4.78 Å². The van der Waals surface area contributed by atoms with Crippen LogP contribution < -0.4 is 0 Å². The fraction of sp³-hybridized carbons (Fsp3) is 0.0769. The van der Waals surface area contributed by atoms with E-state index in [9.17, 15) is 0 Å². The molecule has 17 heavy (non-hydrogen) atoms. The van der Waals surface area contributed by atoms with Gasteiger partial charge in [0, 0.05) is 5.54 Å². The second-order valence-electron chi connectivity index (χ2n) is 3.57. The van der Waals surface area contributed by atoms with E-state index < -0.39 is 0 Å². The predicted molar refractivity (Wildman–Crippen MR) is 69.6 cm³/mol. The van der Waals surface area contributed by atoms with E-state index in [1.54, 1.807) is 0 Å². The summed E-state index contributed by atoms with van der Waals surface area (Å²) in [5.41, 5.74) is 11.0. The van der Waals surface area contributed by atoms with Crippen LogP contribution in [-0.2, 0) is 0 Å². The Morgan fingerprint density at radius 2 is 1.35 bits per heavy atom. The summed E-state index contributed by atoms with van der Waals surface area (Å²) < 4.78 is 3.73. The van der Waals surface area contributed by atoms with Crippen molar-refractivity contribution in [3.8, 4) is 0 Å². The minimum Gasteiger partial charge on any atom is -0.129 e. The molecule has 2 aromatic carbocycles. The van der Waals surface area contributed by atoms with Gasteiger partial charge in [0.1, 0.15) is 0 Å². The van der Waals surface area contributed by atoms with Gasteiger partial charge in [-0.2, -0.15) is 0 Å². The fourth-order valence-electron chi connectivity index (χ4n) is 1.72. The Morgan fingerprint density at radius 3 is 1.76 bits per heavy atom. The van der Waals surface area contributed by atoms with Gasteiger partial charge < -0.3 is 0 Å². The van der Waals surface area contributed by atoms with Crippen LogP contribution in [0.25, 0.3) is 10.4 Å². The van der Waals surface area contributed by atoms with Crippen LogP contribution in [0.5, 0.6) is 0 Å². The van der Waals surface area contributed by atoms with Crippen LogP contribution in [0.3, 0.4) is 0 Å². The van der Waals surface area contributed by atoms with Gasteiger partial charge in [-0.25, -0.2) is 0 Å². The molecule has 0 unspecified atom stereocenters. The maximum absolute atomic E-state index is 8.47. The third-order valence-electron chi connectivity index (χ3n) is 2.50. The van der Waals surface area contributed by atoms with Crippen molar-refractivity contribution in [1.29, 1.82) is 0 Å². The summed E-state index contributed by atoms with van der Waals surface area (Å²) in [6.07, 6.45) is 0. The highest BCUT2D eigenvalue weighted by Crippen LogP contribution is 2.23. The highest BCUT2D eigenvalue weighted by atomic mass is 28.2. The predicted octanol–water partition coefficient (Wildman–Crippen LogP) is 3.71. The molecule has 2 rings (SSSR count). The number of hydrogen-bond acceptors (Lipinski definition) is 1. The van der Waals surface area contributed by atoms with E-state index in [1.807, 2.05) is 36.4 Å². The quantitative estimate of drug-likeness (QED) is 0.337.